The maximum atomic E-state index is 11.8. The lowest BCUT2D eigenvalue weighted by atomic mass is 10.2. The van der Waals surface area contributed by atoms with Gasteiger partial charge in [-0.1, -0.05) is 77.5 Å². The van der Waals surface area contributed by atoms with E-state index in [0.29, 0.717) is 12.1 Å². The highest BCUT2D eigenvalue weighted by molar-refractivity contribution is 5.47. The van der Waals surface area contributed by atoms with Gasteiger partial charge in [0.1, 0.15) is 12.1 Å². The van der Waals surface area contributed by atoms with Crippen molar-refractivity contribution in [1.82, 2.24) is 19.9 Å². The summed E-state index contributed by atoms with van der Waals surface area (Å²) in [7, 11) is 0. The number of rotatable bonds is 15. The molecule has 0 amide bonds. The molecule has 0 bridgehead atoms. The molecule has 0 aliphatic carbocycles. The smallest absolute Gasteiger partial charge is 0.141 e. The molecule has 236 valence electrons. The number of halogens is 1. The van der Waals surface area contributed by atoms with E-state index in [1.54, 1.807) is 24.5 Å². The van der Waals surface area contributed by atoms with E-state index >= 15 is 0 Å². The van der Waals surface area contributed by atoms with Gasteiger partial charge in [-0.15, -0.1) is 0 Å². The summed E-state index contributed by atoms with van der Waals surface area (Å²) in [6.07, 6.45) is 20.0. The first-order valence-electron chi connectivity index (χ1n) is 16.2. The van der Waals surface area contributed by atoms with Crippen molar-refractivity contribution in [2.45, 2.75) is 118 Å². The van der Waals surface area contributed by atoms with Crippen LogP contribution in [0.15, 0.2) is 79.6 Å². The molecule has 0 atom stereocenters. The zero-order valence-corrected chi connectivity index (χ0v) is 27.8. The van der Waals surface area contributed by atoms with E-state index in [0.717, 1.165) is 0 Å². The molecule has 0 saturated carbocycles. The molecule has 42 heavy (non-hydrogen) atoms. The van der Waals surface area contributed by atoms with E-state index in [1.165, 1.54) is 108 Å². The summed E-state index contributed by atoms with van der Waals surface area (Å²) in [5.74, 6) is -0.289. The third-order valence-corrected chi connectivity index (χ3v) is 6.50. The molecule has 0 fully saturated rings. The van der Waals surface area contributed by atoms with Crippen LogP contribution in [-0.2, 0) is 0 Å². The van der Waals surface area contributed by atoms with Crippen molar-refractivity contribution < 1.29 is 4.39 Å². The summed E-state index contributed by atoms with van der Waals surface area (Å²) < 4.78 is 11.8. The molecule has 0 saturated heterocycles. The highest BCUT2D eigenvalue weighted by Crippen LogP contribution is 2.18. The van der Waals surface area contributed by atoms with Gasteiger partial charge in [-0.25, -0.2) is 14.4 Å². The monoisotopic (exact) mass is 581 g/mol. The molecule has 6 heteroatoms. The van der Waals surface area contributed by atoms with E-state index in [9.17, 15) is 4.39 Å². The van der Waals surface area contributed by atoms with Gasteiger partial charge in [-0.05, 0) is 96.9 Å². The van der Waals surface area contributed by atoms with Crippen LogP contribution in [0.25, 0.3) is 0 Å². The van der Waals surface area contributed by atoms with Gasteiger partial charge in [0.25, 0.3) is 0 Å². The lowest BCUT2D eigenvalue weighted by Gasteiger charge is -2.33. The number of benzene rings is 1. The largest absolute Gasteiger partial charge is 0.367 e. The molecule has 2 heterocycles. The molecule has 0 aliphatic rings. The molecule has 0 aliphatic heterocycles. The van der Waals surface area contributed by atoms with Gasteiger partial charge in [-0.3, -0.25) is 4.98 Å². The Kier molecular flexibility index (Phi) is 26.3. The Labute approximate surface area is 258 Å². The maximum Gasteiger partial charge on any atom is 0.141 e. The van der Waals surface area contributed by atoms with Crippen LogP contribution >= 0.6 is 0 Å². The van der Waals surface area contributed by atoms with Crippen LogP contribution in [0.2, 0.25) is 0 Å². The number of aromatic nitrogens is 3. The number of hydrogen-bond acceptors (Lipinski definition) is 5. The first-order valence-corrected chi connectivity index (χ1v) is 16.2. The van der Waals surface area contributed by atoms with E-state index in [2.05, 4.69) is 104 Å². The maximum absolute atomic E-state index is 11.8. The summed E-state index contributed by atoms with van der Waals surface area (Å²) >= 11 is 0. The third kappa shape index (κ3) is 22.8. The summed E-state index contributed by atoms with van der Waals surface area (Å²) in [6.45, 7) is 19.8. The fourth-order valence-electron chi connectivity index (χ4n) is 4.48. The van der Waals surface area contributed by atoms with Crippen molar-refractivity contribution in [3.05, 3.63) is 85.5 Å². The van der Waals surface area contributed by atoms with Gasteiger partial charge >= 0.3 is 0 Å². The number of anilines is 1. The van der Waals surface area contributed by atoms with Crippen molar-refractivity contribution in [2.24, 2.45) is 0 Å². The number of hydrogen-bond donors (Lipinski definition) is 0. The lowest BCUT2D eigenvalue weighted by molar-refractivity contribution is 0.256. The summed E-state index contributed by atoms with van der Waals surface area (Å²) in [6, 6.07) is 16.4. The Hall–Kier alpha value is -2.86. The van der Waals surface area contributed by atoms with Gasteiger partial charge in [0.05, 0.1) is 6.20 Å². The second-order valence-electron chi connectivity index (χ2n) is 11.0. The minimum absolute atomic E-state index is 0.289. The minimum Gasteiger partial charge on any atom is -0.367 e. The van der Waals surface area contributed by atoms with E-state index < -0.39 is 0 Å². The van der Waals surface area contributed by atoms with Crippen LogP contribution in [0, 0.1) is 5.82 Å². The number of nitrogens with zero attached hydrogens (tertiary/aromatic N) is 5. The van der Waals surface area contributed by atoms with Gasteiger partial charge in [-0.2, -0.15) is 0 Å². The standard InChI is InChI=1S/C15H33N.C12H19N.C5H4FN.C4H4N2/c1-4-7-10-13-16(14-11-8-5-2)15-12-9-6-3;1-10(2)13(11(3)4)12-8-6-5-7-9-12;6-5-2-1-3-7-4-5;1-2-5-4-6-3-1/h4-15H2,1-3H3;5-11H,1-4H3;1-4H;1-4H. The second-order valence-corrected chi connectivity index (χ2v) is 11.0. The molecular formula is C36H60FN5. The van der Waals surface area contributed by atoms with Gasteiger partial charge in [0.2, 0.25) is 0 Å². The molecule has 3 aromatic rings. The van der Waals surface area contributed by atoms with Crippen molar-refractivity contribution in [2.75, 3.05) is 24.5 Å². The van der Waals surface area contributed by atoms with E-state index in [-0.39, 0.29) is 5.82 Å². The molecule has 0 N–H and O–H groups in total. The van der Waals surface area contributed by atoms with Crippen molar-refractivity contribution >= 4 is 5.69 Å². The number of para-hydroxylation sites is 1. The fourth-order valence-corrected chi connectivity index (χ4v) is 4.48. The fraction of sp³-hybridized carbons (Fsp3) is 0.583. The highest BCUT2D eigenvalue weighted by Gasteiger charge is 2.12. The van der Waals surface area contributed by atoms with Gasteiger partial charge in [0, 0.05) is 36.4 Å². The predicted molar refractivity (Wildman–Crippen MR) is 180 cm³/mol. The Balaban J connectivity index is 0.000000571. The normalized spacial score (nSPS) is 10.3. The SMILES string of the molecule is CC(C)N(c1ccccc1)C(C)C.CCCCCN(CCCCC)CCCCC.Fc1cccnc1.c1cncnc1. The summed E-state index contributed by atoms with van der Waals surface area (Å²) in [5, 5.41) is 0. The number of unbranched alkanes of at least 4 members (excludes halogenated alkanes) is 6. The molecule has 0 unspecified atom stereocenters. The Morgan fingerprint density at radius 2 is 1.07 bits per heavy atom. The van der Waals surface area contributed by atoms with Crippen molar-refractivity contribution in [3.8, 4) is 0 Å². The molecular weight excluding hydrogens is 521 g/mol. The Morgan fingerprint density at radius 3 is 1.36 bits per heavy atom. The molecule has 5 nitrogen and oxygen atoms in total. The van der Waals surface area contributed by atoms with Gasteiger partial charge < -0.3 is 9.80 Å². The van der Waals surface area contributed by atoms with Crippen molar-refractivity contribution in [3.63, 3.8) is 0 Å². The molecule has 0 spiro atoms. The summed E-state index contributed by atoms with van der Waals surface area (Å²) in [4.78, 5) is 16.0. The van der Waals surface area contributed by atoms with Crippen LogP contribution in [-0.4, -0.2) is 51.6 Å². The third-order valence-electron chi connectivity index (χ3n) is 6.50. The van der Waals surface area contributed by atoms with E-state index in [4.69, 9.17) is 0 Å². The average Bonchev–Trinajstić information content (AvgIpc) is 3.00. The quantitative estimate of drug-likeness (QED) is 0.167. The van der Waals surface area contributed by atoms with Crippen LogP contribution < -0.4 is 4.90 Å². The average molecular weight is 582 g/mol. The van der Waals surface area contributed by atoms with Crippen LogP contribution in [0.4, 0.5) is 10.1 Å². The second kappa shape index (κ2) is 28.3. The Morgan fingerprint density at radius 1 is 0.595 bits per heavy atom. The van der Waals surface area contributed by atoms with Crippen LogP contribution in [0.3, 0.4) is 0 Å². The molecule has 1 aromatic carbocycles. The molecule has 0 radical (unpaired) electrons. The molecule has 2 aromatic heterocycles. The van der Waals surface area contributed by atoms with Gasteiger partial charge in [0.15, 0.2) is 0 Å². The highest BCUT2D eigenvalue weighted by atomic mass is 19.1. The Bertz CT molecular complexity index is 851. The van der Waals surface area contributed by atoms with Crippen LogP contribution in [0.5, 0.6) is 0 Å². The summed E-state index contributed by atoms with van der Waals surface area (Å²) in [5.41, 5.74) is 1.31. The van der Waals surface area contributed by atoms with Crippen LogP contribution in [0.1, 0.15) is 106 Å². The van der Waals surface area contributed by atoms with Crippen molar-refractivity contribution in [1.29, 1.82) is 0 Å². The van der Waals surface area contributed by atoms with E-state index in [1.807, 2.05) is 0 Å². The topological polar surface area (TPSA) is 45.2 Å². The zero-order chi connectivity index (χ0) is 31.3. The minimum atomic E-state index is -0.289. The lowest BCUT2D eigenvalue weighted by Crippen LogP contribution is -2.36. The first-order chi connectivity index (χ1) is 20.4. The molecule has 3 rings (SSSR count). The zero-order valence-electron chi connectivity index (χ0n) is 27.8. The first kappa shape index (κ1) is 39.1. The predicted octanol–water partition coefficient (Wildman–Crippen LogP) is 9.87. The number of pyridine rings is 1.